The van der Waals surface area contributed by atoms with E-state index in [1.54, 1.807) is 18.2 Å². The number of nitrogens with zero attached hydrogens (tertiary/aromatic N) is 2. The third kappa shape index (κ3) is 5.29. The summed E-state index contributed by atoms with van der Waals surface area (Å²) in [4.78, 5) is 27.4. The van der Waals surface area contributed by atoms with Crippen LogP contribution in [0.15, 0.2) is 52.4 Å². The molecular weight excluding hydrogens is 420 g/mol. The third-order valence-electron chi connectivity index (χ3n) is 4.58. The fourth-order valence-corrected chi connectivity index (χ4v) is 3.55. The molecule has 156 valence electrons. The van der Waals surface area contributed by atoms with E-state index in [2.05, 4.69) is 41.3 Å². The summed E-state index contributed by atoms with van der Waals surface area (Å²) in [6, 6.07) is 13.0. The van der Waals surface area contributed by atoms with Crippen LogP contribution in [0, 0.1) is 6.92 Å². The van der Waals surface area contributed by atoms with Crippen molar-refractivity contribution in [3.05, 3.63) is 69.0 Å². The highest BCUT2D eigenvalue weighted by atomic mass is 35.5. The van der Waals surface area contributed by atoms with Crippen LogP contribution in [0.5, 0.6) is 0 Å². The first-order valence-electron chi connectivity index (χ1n) is 9.41. The van der Waals surface area contributed by atoms with Crippen LogP contribution >= 0.6 is 23.4 Å². The van der Waals surface area contributed by atoms with Gasteiger partial charge in [0.1, 0.15) is 0 Å². The zero-order valence-electron chi connectivity index (χ0n) is 17.2. The van der Waals surface area contributed by atoms with E-state index in [9.17, 15) is 9.59 Å². The molecule has 0 radical (unpaired) electrons. The van der Waals surface area contributed by atoms with Crippen molar-refractivity contribution in [2.75, 3.05) is 11.1 Å². The summed E-state index contributed by atoms with van der Waals surface area (Å²) < 4.78 is 0. The molecule has 2 aromatic carbocycles. The minimum Gasteiger partial charge on any atom is -0.325 e. The number of carbonyl (C=O) groups is 1. The second kappa shape index (κ2) is 9.02. The number of hydrogen-bond donors (Lipinski definition) is 2. The van der Waals surface area contributed by atoms with Gasteiger partial charge < -0.3 is 5.32 Å². The molecule has 3 aromatic rings. The van der Waals surface area contributed by atoms with Crippen LogP contribution < -0.4 is 10.9 Å². The van der Waals surface area contributed by atoms with Crippen LogP contribution in [0.3, 0.4) is 0 Å². The third-order valence-corrected chi connectivity index (χ3v) is 5.86. The average molecular weight is 443 g/mol. The summed E-state index contributed by atoms with van der Waals surface area (Å²) in [6.07, 6.45) is 0. The first kappa shape index (κ1) is 22.1. The normalized spacial score (nSPS) is 11.4. The van der Waals surface area contributed by atoms with Gasteiger partial charge in [-0.05, 0) is 35.6 Å². The largest absolute Gasteiger partial charge is 0.325 e. The number of halogens is 1. The molecule has 0 saturated carbocycles. The Labute approximate surface area is 184 Å². The van der Waals surface area contributed by atoms with Crippen molar-refractivity contribution in [3.8, 4) is 11.3 Å². The number of anilines is 1. The number of amides is 1. The molecular formula is C22H23ClN4O2S. The quantitative estimate of drug-likeness (QED) is 0.553. The van der Waals surface area contributed by atoms with Crippen LogP contribution in [-0.4, -0.2) is 26.8 Å². The highest BCUT2D eigenvalue weighted by Gasteiger charge is 2.15. The van der Waals surface area contributed by atoms with Crippen molar-refractivity contribution in [1.29, 1.82) is 0 Å². The maximum absolute atomic E-state index is 12.5. The molecule has 0 aliphatic heterocycles. The summed E-state index contributed by atoms with van der Waals surface area (Å²) in [6.45, 7) is 8.22. The van der Waals surface area contributed by atoms with Crippen molar-refractivity contribution in [1.82, 2.24) is 15.2 Å². The number of aromatic amines is 1. The summed E-state index contributed by atoms with van der Waals surface area (Å²) in [7, 11) is 0. The first-order chi connectivity index (χ1) is 14.1. The molecule has 1 amide bonds. The van der Waals surface area contributed by atoms with E-state index in [0.717, 1.165) is 17.3 Å². The molecule has 3 rings (SSSR count). The maximum atomic E-state index is 12.5. The summed E-state index contributed by atoms with van der Waals surface area (Å²) in [5.41, 5.74) is 3.25. The monoisotopic (exact) mass is 442 g/mol. The summed E-state index contributed by atoms with van der Waals surface area (Å²) in [5.74, 6) is -0.147. The van der Waals surface area contributed by atoms with Crippen molar-refractivity contribution < 1.29 is 4.79 Å². The van der Waals surface area contributed by atoms with Gasteiger partial charge in [-0.2, -0.15) is 0 Å². The van der Waals surface area contributed by atoms with E-state index in [4.69, 9.17) is 11.6 Å². The highest BCUT2D eigenvalue weighted by molar-refractivity contribution is 7.99. The Morgan fingerprint density at radius 2 is 1.83 bits per heavy atom. The lowest BCUT2D eigenvalue weighted by Crippen LogP contribution is -2.17. The molecule has 1 heterocycles. The second-order valence-corrected chi connectivity index (χ2v) is 9.26. The van der Waals surface area contributed by atoms with E-state index in [-0.39, 0.29) is 33.5 Å². The van der Waals surface area contributed by atoms with Crippen LogP contribution in [0.2, 0.25) is 5.02 Å². The molecule has 1 aromatic heterocycles. The Kier molecular flexibility index (Phi) is 6.63. The van der Waals surface area contributed by atoms with Gasteiger partial charge in [-0.1, -0.05) is 74.5 Å². The Balaban J connectivity index is 1.66. The fraction of sp³-hybridized carbons (Fsp3) is 0.273. The predicted octanol–water partition coefficient (Wildman–Crippen LogP) is 4.82. The number of carbonyl (C=O) groups excluding carboxylic acids is 1. The molecule has 8 heteroatoms. The number of nitrogens with one attached hydrogen (secondary N) is 2. The lowest BCUT2D eigenvalue weighted by molar-refractivity contribution is -0.113. The first-order valence-corrected chi connectivity index (χ1v) is 10.8. The minimum atomic E-state index is -0.345. The van der Waals surface area contributed by atoms with Crippen LogP contribution in [0.1, 0.15) is 31.9 Å². The summed E-state index contributed by atoms with van der Waals surface area (Å²) in [5, 5.41) is 11.8. The molecule has 0 bridgehead atoms. The van der Waals surface area contributed by atoms with Crippen molar-refractivity contribution in [2.24, 2.45) is 0 Å². The minimum absolute atomic E-state index is 0.0291. The topological polar surface area (TPSA) is 87.7 Å². The zero-order chi connectivity index (χ0) is 21.9. The van der Waals surface area contributed by atoms with Gasteiger partial charge in [0, 0.05) is 16.3 Å². The van der Waals surface area contributed by atoms with Crippen molar-refractivity contribution in [3.63, 3.8) is 0 Å². The van der Waals surface area contributed by atoms with E-state index in [0.29, 0.717) is 16.3 Å². The van der Waals surface area contributed by atoms with Crippen LogP contribution in [0.25, 0.3) is 11.3 Å². The van der Waals surface area contributed by atoms with Crippen LogP contribution in [0.4, 0.5) is 5.69 Å². The lowest BCUT2D eigenvalue weighted by atomic mass is 9.86. The van der Waals surface area contributed by atoms with E-state index in [1.165, 1.54) is 5.56 Å². The summed E-state index contributed by atoms with van der Waals surface area (Å²) >= 11 is 7.18. The number of hydrogen-bond acceptors (Lipinski definition) is 5. The van der Waals surface area contributed by atoms with Gasteiger partial charge in [0.2, 0.25) is 5.91 Å². The molecule has 0 aliphatic rings. The number of rotatable bonds is 5. The van der Waals surface area contributed by atoms with Crippen molar-refractivity contribution in [2.45, 2.75) is 38.3 Å². The van der Waals surface area contributed by atoms with E-state index < -0.39 is 0 Å². The van der Waals surface area contributed by atoms with Crippen LogP contribution in [-0.2, 0) is 10.2 Å². The SMILES string of the molecule is Cc1c(Cl)cccc1NC(=O)CSc1nnc(-c2ccc(C(C)(C)C)cc2)c(=O)[nH]1. The Bertz CT molecular complexity index is 1120. The number of thioether (sulfide) groups is 1. The van der Waals surface area contributed by atoms with Gasteiger partial charge >= 0.3 is 0 Å². The van der Waals surface area contributed by atoms with E-state index in [1.807, 2.05) is 31.2 Å². The van der Waals surface area contributed by atoms with Gasteiger partial charge in [-0.3, -0.25) is 14.6 Å². The van der Waals surface area contributed by atoms with Gasteiger partial charge in [0.05, 0.1) is 5.75 Å². The standard InChI is InChI=1S/C22H23ClN4O2S/c1-13-16(23)6-5-7-17(13)24-18(28)12-30-21-25-20(29)19(26-27-21)14-8-10-15(11-9-14)22(2,3)4/h5-11H,12H2,1-4H3,(H,24,28)(H,25,27,29). The average Bonchev–Trinajstić information content (AvgIpc) is 2.69. The Hall–Kier alpha value is -2.64. The zero-order valence-corrected chi connectivity index (χ0v) is 18.8. The van der Waals surface area contributed by atoms with Gasteiger partial charge in [-0.15, -0.1) is 10.2 Å². The molecule has 0 atom stereocenters. The second-order valence-electron chi connectivity index (χ2n) is 7.88. The maximum Gasteiger partial charge on any atom is 0.278 e. The van der Waals surface area contributed by atoms with Gasteiger partial charge in [0.15, 0.2) is 10.9 Å². The lowest BCUT2D eigenvalue weighted by Gasteiger charge is -2.18. The highest BCUT2D eigenvalue weighted by Crippen LogP contribution is 2.25. The molecule has 0 spiro atoms. The smallest absolute Gasteiger partial charge is 0.278 e. The molecule has 0 saturated heterocycles. The number of H-pyrrole nitrogens is 1. The van der Waals surface area contributed by atoms with Gasteiger partial charge in [0.25, 0.3) is 5.56 Å². The Morgan fingerprint density at radius 1 is 1.13 bits per heavy atom. The molecule has 0 fully saturated rings. The fourth-order valence-electron chi connectivity index (χ4n) is 2.77. The molecule has 2 N–H and O–H groups in total. The number of benzene rings is 2. The molecule has 0 aliphatic carbocycles. The predicted molar refractivity (Wildman–Crippen MR) is 122 cm³/mol. The Morgan fingerprint density at radius 3 is 2.47 bits per heavy atom. The molecule has 0 unspecified atom stereocenters. The van der Waals surface area contributed by atoms with E-state index >= 15 is 0 Å². The number of aromatic nitrogens is 3. The van der Waals surface area contributed by atoms with Gasteiger partial charge in [-0.25, -0.2) is 0 Å². The molecule has 30 heavy (non-hydrogen) atoms. The van der Waals surface area contributed by atoms with Crippen molar-refractivity contribution >= 4 is 35.0 Å². The molecule has 6 nitrogen and oxygen atoms in total.